The second kappa shape index (κ2) is 7.36. The van der Waals surface area contributed by atoms with Gasteiger partial charge in [-0.15, -0.1) is 0 Å². The molecule has 0 bridgehead atoms. The van der Waals surface area contributed by atoms with Crippen LogP contribution in [0.3, 0.4) is 0 Å². The summed E-state index contributed by atoms with van der Waals surface area (Å²) < 4.78 is 5.30. The molecule has 0 saturated heterocycles. The van der Waals surface area contributed by atoms with Crippen molar-refractivity contribution in [2.75, 3.05) is 7.11 Å². The molecule has 5 rings (SSSR count). The quantitative estimate of drug-likeness (QED) is 0.322. The van der Waals surface area contributed by atoms with Crippen LogP contribution in [-0.4, -0.2) is 24.3 Å². The van der Waals surface area contributed by atoms with Crippen LogP contribution in [0.15, 0.2) is 11.6 Å². The zero-order valence-corrected chi connectivity index (χ0v) is 23.2. The predicted molar refractivity (Wildman–Crippen MR) is 137 cm³/mol. The summed E-state index contributed by atoms with van der Waals surface area (Å²) >= 11 is 0. The Labute approximate surface area is 208 Å². The lowest BCUT2D eigenvalue weighted by atomic mass is 9.33. The Morgan fingerprint density at radius 1 is 0.912 bits per heavy atom. The van der Waals surface area contributed by atoms with Crippen LogP contribution in [0.4, 0.5) is 0 Å². The van der Waals surface area contributed by atoms with Crippen molar-refractivity contribution in [2.45, 2.75) is 119 Å². The third-order valence-electron chi connectivity index (χ3n) is 13.3. The number of methoxy groups -OCH3 is 1. The number of carbonyl (C=O) groups is 1. The van der Waals surface area contributed by atoms with Crippen LogP contribution in [-0.2, 0) is 9.53 Å². The lowest BCUT2D eigenvalue weighted by molar-refractivity contribution is -0.218. The van der Waals surface area contributed by atoms with E-state index >= 15 is 0 Å². The van der Waals surface area contributed by atoms with Gasteiger partial charge in [0.05, 0.1) is 18.6 Å². The Morgan fingerprint density at radius 3 is 2.26 bits per heavy atom. The molecule has 34 heavy (non-hydrogen) atoms. The average Bonchev–Trinajstić information content (AvgIpc) is 2.77. The van der Waals surface area contributed by atoms with Gasteiger partial charge in [-0.05, 0) is 116 Å². The first kappa shape index (κ1) is 24.8. The van der Waals surface area contributed by atoms with Crippen molar-refractivity contribution in [2.24, 2.45) is 50.2 Å². The summed E-state index contributed by atoms with van der Waals surface area (Å²) in [5, 5.41) is 11.1. The van der Waals surface area contributed by atoms with E-state index in [0.29, 0.717) is 29.1 Å². The highest BCUT2D eigenvalue weighted by molar-refractivity contribution is 5.78. The Morgan fingerprint density at radius 2 is 1.59 bits per heavy atom. The summed E-state index contributed by atoms with van der Waals surface area (Å²) in [6, 6.07) is 0. The number of rotatable bonds is 1. The van der Waals surface area contributed by atoms with E-state index < -0.39 is 11.5 Å². The van der Waals surface area contributed by atoms with Crippen molar-refractivity contribution in [3.8, 4) is 0 Å². The summed E-state index contributed by atoms with van der Waals surface area (Å²) in [5.74, 6) is 1.22. The number of hydrogen-bond acceptors (Lipinski definition) is 3. The number of carbonyl (C=O) groups excluding carboxylic acids is 1. The van der Waals surface area contributed by atoms with Crippen LogP contribution < -0.4 is 0 Å². The van der Waals surface area contributed by atoms with E-state index in [2.05, 4.69) is 47.6 Å². The monoisotopic (exact) mass is 470 g/mol. The third kappa shape index (κ3) is 2.94. The number of aliphatic hydroxyl groups is 1. The lowest BCUT2D eigenvalue weighted by Crippen LogP contribution is -2.66. The van der Waals surface area contributed by atoms with Crippen molar-refractivity contribution in [1.82, 2.24) is 0 Å². The molecule has 3 nitrogen and oxygen atoms in total. The molecule has 4 fully saturated rings. The number of allylic oxidation sites excluding steroid dienone is 2. The van der Waals surface area contributed by atoms with Crippen LogP contribution in [0.25, 0.3) is 0 Å². The van der Waals surface area contributed by atoms with E-state index in [0.717, 1.165) is 25.7 Å². The summed E-state index contributed by atoms with van der Waals surface area (Å²) in [6.45, 7) is 17.3. The maximum Gasteiger partial charge on any atom is 0.314 e. The van der Waals surface area contributed by atoms with Gasteiger partial charge in [0, 0.05) is 0 Å². The summed E-state index contributed by atoms with van der Waals surface area (Å²) in [5.41, 5.74) is 2.42. The van der Waals surface area contributed by atoms with E-state index in [4.69, 9.17) is 4.74 Å². The van der Waals surface area contributed by atoms with Gasteiger partial charge in [0.15, 0.2) is 0 Å². The van der Waals surface area contributed by atoms with Crippen LogP contribution >= 0.6 is 0 Å². The van der Waals surface area contributed by atoms with Crippen molar-refractivity contribution < 1.29 is 14.6 Å². The molecule has 0 unspecified atom stereocenters. The second-order valence-corrected chi connectivity index (χ2v) is 15.2. The molecule has 0 aliphatic heterocycles. The van der Waals surface area contributed by atoms with Gasteiger partial charge in [-0.3, -0.25) is 4.79 Å². The zero-order chi connectivity index (χ0) is 24.9. The molecular weight excluding hydrogens is 420 g/mol. The first-order valence-electron chi connectivity index (χ1n) is 14.2. The first-order chi connectivity index (χ1) is 15.7. The minimum absolute atomic E-state index is 0.0484. The highest BCUT2D eigenvalue weighted by atomic mass is 16.5. The molecule has 5 aliphatic rings. The highest BCUT2D eigenvalue weighted by Crippen LogP contribution is 2.75. The van der Waals surface area contributed by atoms with Gasteiger partial charge in [0.2, 0.25) is 0 Å². The molecule has 0 radical (unpaired) electrons. The smallest absolute Gasteiger partial charge is 0.314 e. The number of esters is 1. The highest BCUT2D eigenvalue weighted by Gasteiger charge is 2.69. The normalized spacial score (nSPS) is 54.0. The van der Waals surface area contributed by atoms with E-state index in [-0.39, 0.29) is 28.1 Å². The van der Waals surface area contributed by atoms with Gasteiger partial charge in [-0.1, -0.05) is 53.2 Å². The number of fused-ring (bicyclic) bond motifs is 7. The third-order valence-corrected chi connectivity index (χ3v) is 13.3. The average molecular weight is 471 g/mol. The van der Waals surface area contributed by atoms with Crippen molar-refractivity contribution in [1.29, 1.82) is 0 Å². The first-order valence-corrected chi connectivity index (χ1v) is 14.2. The van der Waals surface area contributed by atoms with Crippen molar-refractivity contribution in [3.63, 3.8) is 0 Å². The molecular formula is C31H50O3. The molecule has 0 aromatic carbocycles. The zero-order valence-electron chi connectivity index (χ0n) is 23.2. The number of ether oxygens (including phenoxy) is 1. The minimum Gasteiger partial charge on any atom is -0.469 e. The molecule has 1 N–H and O–H groups in total. The van der Waals surface area contributed by atoms with E-state index in [9.17, 15) is 9.90 Å². The topological polar surface area (TPSA) is 46.5 Å². The maximum atomic E-state index is 13.1. The van der Waals surface area contributed by atoms with Crippen LogP contribution in [0.2, 0.25) is 0 Å². The predicted octanol–water partition coefficient (Wildman–Crippen LogP) is 7.32. The molecule has 4 saturated carbocycles. The molecule has 0 amide bonds. The largest absolute Gasteiger partial charge is 0.469 e. The van der Waals surface area contributed by atoms with Gasteiger partial charge in [0.1, 0.15) is 0 Å². The summed E-state index contributed by atoms with van der Waals surface area (Å²) in [4.78, 5) is 13.1. The molecule has 5 aliphatic carbocycles. The van der Waals surface area contributed by atoms with Crippen LogP contribution in [0, 0.1) is 50.2 Å². The number of aliphatic hydroxyl groups excluding tert-OH is 1. The second-order valence-electron chi connectivity index (χ2n) is 15.2. The van der Waals surface area contributed by atoms with Gasteiger partial charge in [-0.25, -0.2) is 0 Å². The Bertz CT molecular complexity index is 904. The van der Waals surface area contributed by atoms with Crippen LogP contribution in [0.1, 0.15) is 113 Å². The van der Waals surface area contributed by atoms with Gasteiger partial charge >= 0.3 is 5.97 Å². The molecule has 3 heteroatoms. The minimum atomic E-state index is -0.799. The Hall–Kier alpha value is -0.830. The van der Waals surface area contributed by atoms with Gasteiger partial charge in [-0.2, -0.15) is 0 Å². The van der Waals surface area contributed by atoms with Gasteiger partial charge < -0.3 is 9.84 Å². The SMILES string of the molecule is COC(=O)[C@@]1(C)[C@H](O)CC[C@@]2(C)[C@H]1CC[C@]1(C)[C@@H]2CC=C2[C@@H]3CC(C)(C)CC[C@]3(C)CC[C@]21C. The number of hydrogen-bond donors (Lipinski definition) is 1. The Balaban J connectivity index is 1.57. The molecule has 0 aromatic rings. The van der Waals surface area contributed by atoms with E-state index in [1.807, 2.05) is 6.92 Å². The summed E-state index contributed by atoms with van der Waals surface area (Å²) in [7, 11) is 1.49. The van der Waals surface area contributed by atoms with Crippen molar-refractivity contribution >= 4 is 5.97 Å². The van der Waals surface area contributed by atoms with Crippen LogP contribution in [0.5, 0.6) is 0 Å². The van der Waals surface area contributed by atoms with E-state index in [1.54, 1.807) is 5.57 Å². The fourth-order valence-corrected chi connectivity index (χ4v) is 10.7. The molecule has 0 aromatic heterocycles. The van der Waals surface area contributed by atoms with Crippen molar-refractivity contribution in [3.05, 3.63) is 11.6 Å². The standard InChI is InChI=1S/C31H50O3/c1-26(2)15-16-27(3)17-18-29(5)20(21(27)19-26)9-10-22-28(4)13-12-24(32)31(7,25(33)34-8)23(28)11-14-30(22,29)6/h9,21-24,32H,10-19H2,1-8H3/t21-,22+,23+,24+,27+,28+,29+,30+,31+/m0/s1. The molecule has 0 heterocycles. The fraction of sp³-hybridized carbons (Fsp3) is 0.903. The maximum absolute atomic E-state index is 13.1. The van der Waals surface area contributed by atoms with Gasteiger partial charge in [0.25, 0.3) is 0 Å². The molecule has 9 atom stereocenters. The fourth-order valence-electron chi connectivity index (χ4n) is 10.7. The molecule has 192 valence electrons. The van der Waals surface area contributed by atoms with E-state index in [1.165, 1.54) is 39.2 Å². The lowest BCUT2D eigenvalue weighted by Gasteiger charge is -2.71. The Kier molecular flexibility index (Phi) is 5.38. The molecule has 0 spiro atoms. The summed E-state index contributed by atoms with van der Waals surface area (Å²) in [6.07, 6.45) is 13.8.